The first-order chi connectivity index (χ1) is 7.60. The standard InChI is InChI=1S/C12H18F2N2/c1-3-5-8(4-2)16-12-10(15)7-6-9(13)11(12)14/h6-8,16H,3-5,15H2,1-2H3. The maximum atomic E-state index is 13.5. The monoisotopic (exact) mass is 228 g/mol. The highest BCUT2D eigenvalue weighted by Gasteiger charge is 2.14. The fourth-order valence-electron chi connectivity index (χ4n) is 1.64. The maximum absolute atomic E-state index is 13.5. The number of anilines is 2. The molecule has 0 saturated carbocycles. The van der Waals surface area contributed by atoms with Gasteiger partial charge in [0.2, 0.25) is 0 Å². The Morgan fingerprint density at radius 1 is 1.31 bits per heavy atom. The molecule has 1 atom stereocenters. The van der Waals surface area contributed by atoms with E-state index in [2.05, 4.69) is 12.2 Å². The molecule has 1 aromatic carbocycles. The molecule has 0 radical (unpaired) electrons. The van der Waals surface area contributed by atoms with Gasteiger partial charge in [-0.1, -0.05) is 20.3 Å². The third-order valence-corrected chi connectivity index (χ3v) is 2.61. The minimum atomic E-state index is -0.894. The van der Waals surface area contributed by atoms with Crippen LogP contribution < -0.4 is 11.1 Å². The van der Waals surface area contributed by atoms with Gasteiger partial charge in [0.05, 0.1) is 11.4 Å². The lowest BCUT2D eigenvalue weighted by molar-refractivity contribution is 0.508. The first-order valence-corrected chi connectivity index (χ1v) is 5.60. The molecule has 0 saturated heterocycles. The number of hydrogen-bond acceptors (Lipinski definition) is 2. The topological polar surface area (TPSA) is 38.0 Å². The zero-order valence-corrected chi connectivity index (χ0v) is 9.69. The van der Waals surface area contributed by atoms with Gasteiger partial charge >= 0.3 is 0 Å². The lowest BCUT2D eigenvalue weighted by Gasteiger charge is -2.19. The van der Waals surface area contributed by atoms with Crippen molar-refractivity contribution in [3.05, 3.63) is 23.8 Å². The van der Waals surface area contributed by atoms with E-state index in [1.165, 1.54) is 6.07 Å². The van der Waals surface area contributed by atoms with Crippen molar-refractivity contribution in [2.75, 3.05) is 11.1 Å². The fraction of sp³-hybridized carbons (Fsp3) is 0.500. The average Bonchev–Trinajstić information content (AvgIpc) is 2.28. The Morgan fingerprint density at radius 3 is 2.56 bits per heavy atom. The van der Waals surface area contributed by atoms with Gasteiger partial charge in [-0.05, 0) is 25.0 Å². The Morgan fingerprint density at radius 2 is 2.00 bits per heavy atom. The van der Waals surface area contributed by atoms with Crippen LogP contribution in [-0.4, -0.2) is 6.04 Å². The van der Waals surface area contributed by atoms with Gasteiger partial charge in [0, 0.05) is 6.04 Å². The summed E-state index contributed by atoms with van der Waals surface area (Å²) in [6.07, 6.45) is 2.75. The Kier molecular flexibility index (Phi) is 4.52. The molecule has 0 aromatic heterocycles. The molecule has 1 unspecified atom stereocenters. The van der Waals surface area contributed by atoms with Crippen LogP contribution in [-0.2, 0) is 0 Å². The molecule has 0 aliphatic rings. The highest BCUT2D eigenvalue weighted by Crippen LogP contribution is 2.26. The summed E-state index contributed by atoms with van der Waals surface area (Å²) in [6, 6.07) is 2.54. The lowest BCUT2D eigenvalue weighted by Crippen LogP contribution is -2.20. The molecule has 90 valence electrons. The summed E-state index contributed by atoms with van der Waals surface area (Å²) in [6.45, 7) is 4.05. The normalized spacial score (nSPS) is 12.5. The van der Waals surface area contributed by atoms with E-state index in [0.717, 1.165) is 25.3 Å². The molecule has 4 heteroatoms. The van der Waals surface area contributed by atoms with Gasteiger partial charge in [-0.2, -0.15) is 0 Å². The quantitative estimate of drug-likeness (QED) is 0.756. The number of rotatable bonds is 5. The molecule has 1 rings (SSSR count). The summed E-state index contributed by atoms with van der Waals surface area (Å²) in [5.41, 5.74) is 5.95. The third-order valence-electron chi connectivity index (χ3n) is 2.61. The molecule has 0 aliphatic carbocycles. The van der Waals surface area contributed by atoms with Gasteiger partial charge in [-0.25, -0.2) is 8.78 Å². The summed E-state index contributed by atoms with van der Waals surface area (Å²) < 4.78 is 26.5. The highest BCUT2D eigenvalue weighted by molar-refractivity contribution is 5.67. The summed E-state index contributed by atoms with van der Waals surface area (Å²) in [5, 5.41) is 2.97. The van der Waals surface area contributed by atoms with E-state index in [-0.39, 0.29) is 17.4 Å². The van der Waals surface area contributed by atoms with E-state index >= 15 is 0 Å². The second-order valence-electron chi connectivity index (χ2n) is 3.86. The first kappa shape index (κ1) is 12.7. The van der Waals surface area contributed by atoms with E-state index in [9.17, 15) is 8.78 Å². The van der Waals surface area contributed by atoms with Crippen molar-refractivity contribution in [3.8, 4) is 0 Å². The molecular formula is C12H18F2N2. The smallest absolute Gasteiger partial charge is 0.183 e. The molecule has 3 N–H and O–H groups in total. The van der Waals surface area contributed by atoms with Gasteiger partial charge in [-0.3, -0.25) is 0 Å². The third kappa shape index (κ3) is 2.84. The summed E-state index contributed by atoms with van der Waals surface area (Å²) in [4.78, 5) is 0. The van der Waals surface area contributed by atoms with E-state index in [4.69, 9.17) is 5.73 Å². The second-order valence-corrected chi connectivity index (χ2v) is 3.86. The van der Waals surface area contributed by atoms with Crippen molar-refractivity contribution < 1.29 is 8.78 Å². The predicted octanol–water partition coefficient (Wildman–Crippen LogP) is 3.54. The number of nitrogens with two attached hydrogens (primary N) is 1. The average molecular weight is 228 g/mol. The first-order valence-electron chi connectivity index (χ1n) is 5.60. The van der Waals surface area contributed by atoms with Crippen molar-refractivity contribution >= 4 is 11.4 Å². The molecule has 2 nitrogen and oxygen atoms in total. The molecule has 16 heavy (non-hydrogen) atoms. The van der Waals surface area contributed by atoms with Crippen LogP contribution in [0.5, 0.6) is 0 Å². The maximum Gasteiger partial charge on any atom is 0.183 e. The number of halogens is 2. The molecule has 0 aliphatic heterocycles. The lowest BCUT2D eigenvalue weighted by atomic mass is 10.1. The van der Waals surface area contributed by atoms with Crippen molar-refractivity contribution in [1.29, 1.82) is 0 Å². The van der Waals surface area contributed by atoms with Crippen molar-refractivity contribution in [2.24, 2.45) is 0 Å². The van der Waals surface area contributed by atoms with Gasteiger partial charge < -0.3 is 11.1 Å². The summed E-state index contributed by atoms with van der Waals surface area (Å²) in [5.74, 6) is -1.77. The number of benzene rings is 1. The molecule has 0 amide bonds. The second kappa shape index (κ2) is 5.68. The largest absolute Gasteiger partial charge is 0.397 e. The molecule has 0 bridgehead atoms. The van der Waals surface area contributed by atoms with E-state index in [1.54, 1.807) is 0 Å². The van der Waals surface area contributed by atoms with E-state index in [1.807, 2.05) is 6.92 Å². The predicted molar refractivity (Wildman–Crippen MR) is 63.4 cm³/mol. The zero-order chi connectivity index (χ0) is 12.1. The Balaban J connectivity index is 2.90. The van der Waals surface area contributed by atoms with Gasteiger partial charge in [0.25, 0.3) is 0 Å². The Labute approximate surface area is 94.8 Å². The fourth-order valence-corrected chi connectivity index (χ4v) is 1.64. The van der Waals surface area contributed by atoms with Crippen molar-refractivity contribution in [2.45, 2.75) is 39.2 Å². The van der Waals surface area contributed by atoms with Crippen LogP contribution in [0.3, 0.4) is 0 Å². The zero-order valence-electron chi connectivity index (χ0n) is 9.69. The van der Waals surface area contributed by atoms with Crippen molar-refractivity contribution in [3.63, 3.8) is 0 Å². The van der Waals surface area contributed by atoms with Crippen LogP contribution in [0.4, 0.5) is 20.2 Å². The minimum absolute atomic E-state index is 0.0836. The number of nitrogen functional groups attached to an aromatic ring is 1. The SMILES string of the molecule is CCCC(CC)Nc1c(N)ccc(F)c1F. The van der Waals surface area contributed by atoms with Crippen molar-refractivity contribution in [1.82, 2.24) is 0 Å². The number of hydrogen-bond donors (Lipinski definition) is 2. The van der Waals surface area contributed by atoms with E-state index < -0.39 is 11.6 Å². The van der Waals surface area contributed by atoms with Crippen LogP contribution in [0, 0.1) is 11.6 Å². The molecule has 0 fully saturated rings. The number of nitrogens with one attached hydrogen (secondary N) is 1. The van der Waals surface area contributed by atoms with Crippen LogP contribution in [0.1, 0.15) is 33.1 Å². The molecule has 0 heterocycles. The Hall–Kier alpha value is -1.32. The minimum Gasteiger partial charge on any atom is -0.397 e. The van der Waals surface area contributed by atoms with Crippen LogP contribution in [0.15, 0.2) is 12.1 Å². The molecule has 0 spiro atoms. The van der Waals surface area contributed by atoms with E-state index in [0.29, 0.717) is 0 Å². The Bertz CT molecular complexity index is 353. The molecular weight excluding hydrogens is 210 g/mol. The molecule has 1 aromatic rings. The van der Waals surface area contributed by atoms with Gasteiger partial charge in [0.1, 0.15) is 0 Å². The van der Waals surface area contributed by atoms with Gasteiger partial charge in [0.15, 0.2) is 11.6 Å². The van der Waals surface area contributed by atoms with Crippen LogP contribution >= 0.6 is 0 Å². The highest BCUT2D eigenvalue weighted by atomic mass is 19.2. The van der Waals surface area contributed by atoms with Crippen LogP contribution in [0.25, 0.3) is 0 Å². The summed E-state index contributed by atoms with van der Waals surface area (Å²) in [7, 11) is 0. The van der Waals surface area contributed by atoms with Gasteiger partial charge in [-0.15, -0.1) is 0 Å². The van der Waals surface area contributed by atoms with Crippen LogP contribution in [0.2, 0.25) is 0 Å². The summed E-state index contributed by atoms with van der Waals surface area (Å²) >= 11 is 0.